The first kappa shape index (κ1) is 12.3. The minimum Gasteiger partial charge on any atom is -0.444 e. The van der Waals surface area contributed by atoms with Gasteiger partial charge in [0.15, 0.2) is 0 Å². The fourth-order valence-electron chi connectivity index (χ4n) is 1.71. The molecule has 0 spiro atoms. The normalized spacial score (nSPS) is 27.7. The summed E-state index contributed by atoms with van der Waals surface area (Å²) in [5.41, 5.74) is 5.41. The Kier molecular flexibility index (Phi) is 3.60. The second-order valence-corrected chi connectivity index (χ2v) is 5.32. The third-order valence-corrected chi connectivity index (χ3v) is 2.55. The number of rotatable bonds is 0. The Morgan fingerprint density at radius 1 is 1.40 bits per heavy atom. The van der Waals surface area contributed by atoms with E-state index in [2.05, 4.69) is 0 Å². The third-order valence-electron chi connectivity index (χ3n) is 2.55. The topological polar surface area (TPSA) is 55.6 Å². The number of carbonyl (C=O) groups is 1. The van der Waals surface area contributed by atoms with Crippen LogP contribution in [0, 0.1) is 0 Å². The van der Waals surface area contributed by atoms with E-state index in [4.69, 9.17) is 10.5 Å². The molecule has 0 saturated carbocycles. The number of amides is 1. The average Bonchev–Trinajstić information content (AvgIpc) is 2.06. The number of piperidine rings is 1. The molecule has 2 N–H and O–H groups in total. The Balaban J connectivity index is 2.57. The van der Waals surface area contributed by atoms with Gasteiger partial charge in [-0.25, -0.2) is 4.79 Å². The maximum atomic E-state index is 11.8. The Bertz CT molecular complexity index is 235. The minimum atomic E-state index is -0.432. The van der Waals surface area contributed by atoms with Gasteiger partial charge in [0.2, 0.25) is 0 Å². The predicted octanol–water partition coefficient (Wildman–Crippen LogP) is 1.73. The maximum Gasteiger partial charge on any atom is 0.410 e. The summed E-state index contributed by atoms with van der Waals surface area (Å²) in [5, 5.41) is 0. The molecule has 2 atom stereocenters. The highest BCUT2D eigenvalue weighted by Gasteiger charge is 2.30. The van der Waals surface area contributed by atoms with Crippen molar-refractivity contribution in [2.24, 2.45) is 5.73 Å². The number of likely N-dealkylation sites (tertiary alicyclic amines) is 1. The molecule has 1 aliphatic rings. The first-order valence-electron chi connectivity index (χ1n) is 5.55. The van der Waals surface area contributed by atoms with Crippen LogP contribution in [0.25, 0.3) is 0 Å². The van der Waals surface area contributed by atoms with Crippen LogP contribution in [0.15, 0.2) is 0 Å². The highest BCUT2D eigenvalue weighted by molar-refractivity contribution is 5.68. The van der Waals surface area contributed by atoms with Crippen LogP contribution in [0.5, 0.6) is 0 Å². The van der Waals surface area contributed by atoms with Gasteiger partial charge >= 0.3 is 6.09 Å². The van der Waals surface area contributed by atoms with E-state index in [1.807, 2.05) is 27.7 Å². The molecule has 0 aromatic rings. The molecule has 88 valence electrons. The van der Waals surface area contributed by atoms with Crippen molar-refractivity contribution in [2.75, 3.05) is 6.54 Å². The lowest BCUT2D eigenvalue weighted by atomic mass is 10.0. The number of hydrogen-bond donors (Lipinski definition) is 1. The summed E-state index contributed by atoms with van der Waals surface area (Å²) in [4.78, 5) is 13.6. The van der Waals surface area contributed by atoms with E-state index in [-0.39, 0.29) is 18.2 Å². The monoisotopic (exact) mass is 214 g/mol. The molecule has 15 heavy (non-hydrogen) atoms. The summed E-state index contributed by atoms with van der Waals surface area (Å²) in [6, 6.07) is 0.327. The quantitative estimate of drug-likeness (QED) is 0.668. The maximum absolute atomic E-state index is 11.8. The lowest BCUT2D eigenvalue weighted by Gasteiger charge is -2.37. The van der Waals surface area contributed by atoms with Crippen molar-refractivity contribution in [3.63, 3.8) is 0 Å². The highest BCUT2D eigenvalue weighted by atomic mass is 16.6. The van der Waals surface area contributed by atoms with Crippen molar-refractivity contribution in [1.82, 2.24) is 4.90 Å². The Morgan fingerprint density at radius 3 is 2.53 bits per heavy atom. The van der Waals surface area contributed by atoms with Crippen molar-refractivity contribution < 1.29 is 9.53 Å². The Morgan fingerprint density at radius 2 is 2.00 bits per heavy atom. The van der Waals surface area contributed by atoms with Gasteiger partial charge in [0.25, 0.3) is 0 Å². The molecule has 1 aliphatic heterocycles. The zero-order valence-corrected chi connectivity index (χ0v) is 10.1. The van der Waals surface area contributed by atoms with Gasteiger partial charge in [-0.05, 0) is 40.5 Å². The zero-order chi connectivity index (χ0) is 11.6. The average molecular weight is 214 g/mol. The smallest absolute Gasteiger partial charge is 0.410 e. The van der Waals surface area contributed by atoms with Gasteiger partial charge in [-0.3, -0.25) is 0 Å². The van der Waals surface area contributed by atoms with Gasteiger partial charge in [0.1, 0.15) is 5.60 Å². The van der Waals surface area contributed by atoms with Gasteiger partial charge in [0.05, 0.1) is 0 Å². The Hall–Kier alpha value is -0.770. The molecule has 0 aliphatic carbocycles. The molecule has 0 radical (unpaired) electrons. The van der Waals surface area contributed by atoms with Gasteiger partial charge in [-0.15, -0.1) is 0 Å². The molecule has 0 unspecified atom stereocenters. The first-order valence-corrected chi connectivity index (χ1v) is 5.55. The molecule has 1 saturated heterocycles. The molecular formula is C11H22N2O2. The summed E-state index contributed by atoms with van der Waals surface area (Å²) in [6.45, 7) is 8.27. The summed E-state index contributed by atoms with van der Waals surface area (Å²) >= 11 is 0. The van der Waals surface area contributed by atoms with Crippen molar-refractivity contribution >= 4 is 6.09 Å². The van der Waals surface area contributed by atoms with Crippen LogP contribution >= 0.6 is 0 Å². The van der Waals surface area contributed by atoms with Crippen LogP contribution in [0.4, 0.5) is 4.79 Å². The van der Waals surface area contributed by atoms with E-state index in [0.717, 1.165) is 12.8 Å². The van der Waals surface area contributed by atoms with E-state index < -0.39 is 5.60 Å². The van der Waals surface area contributed by atoms with Crippen LogP contribution < -0.4 is 5.73 Å². The molecule has 1 rings (SSSR count). The molecule has 0 aromatic carbocycles. The van der Waals surface area contributed by atoms with Crippen molar-refractivity contribution in [3.8, 4) is 0 Å². The predicted molar refractivity (Wildman–Crippen MR) is 59.6 cm³/mol. The molecule has 4 heteroatoms. The van der Waals surface area contributed by atoms with Crippen LogP contribution in [-0.4, -0.2) is 35.2 Å². The molecule has 4 nitrogen and oxygen atoms in total. The van der Waals surface area contributed by atoms with Gasteiger partial charge in [0, 0.05) is 18.6 Å². The third kappa shape index (κ3) is 3.70. The molecule has 1 heterocycles. The first-order chi connectivity index (χ1) is 6.79. The van der Waals surface area contributed by atoms with Gasteiger partial charge in [-0.1, -0.05) is 0 Å². The fraction of sp³-hybridized carbons (Fsp3) is 0.909. The van der Waals surface area contributed by atoms with E-state index in [9.17, 15) is 4.79 Å². The second kappa shape index (κ2) is 4.39. The summed E-state index contributed by atoms with van der Waals surface area (Å²) in [6.07, 6.45) is 1.70. The molecular weight excluding hydrogens is 192 g/mol. The molecule has 0 aromatic heterocycles. The Labute approximate surface area is 91.8 Å². The lowest BCUT2D eigenvalue weighted by Crippen LogP contribution is -2.51. The second-order valence-electron chi connectivity index (χ2n) is 5.32. The number of carbonyl (C=O) groups excluding carboxylic acids is 1. The number of nitrogens with two attached hydrogens (primary N) is 1. The van der Waals surface area contributed by atoms with Crippen molar-refractivity contribution in [2.45, 2.75) is 58.2 Å². The van der Waals surface area contributed by atoms with Crippen molar-refractivity contribution in [3.05, 3.63) is 0 Å². The largest absolute Gasteiger partial charge is 0.444 e. The van der Waals surface area contributed by atoms with Crippen LogP contribution in [0.3, 0.4) is 0 Å². The van der Waals surface area contributed by atoms with E-state index in [1.54, 1.807) is 4.90 Å². The van der Waals surface area contributed by atoms with Crippen molar-refractivity contribution in [1.29, 1.82) is 0 Å². The summed E-state index contributed by atoms with van der Waals surface area (Å²) in [7, 11) is 0. The zero-order valence-electron chi connectivity index (χ0n) is 10.1. The number of nitrogens with zero attached hydrogens (tertiary/aromatic N) is 1. The van der Waals surface area contributed by atoms with E-state index in [0.29, 0.717) is 6.54 Å². The molecule has 0 bridgehead atoms. The highest BCUT2D eigenvalue weighted by Crippen LogP contribution is 2.19. The molecule has 1 fully saturated rings. The van der Waals surface area contributed by atoms with Crippen LogP contribution in [-0.2, 0) is 4.74 Å². The minimum absolute atomic E-state index is 0.0914. The standard InChI is InChI=1S/C11H22N2O2/c1-8-5-6-9(12)7-13(8)10(14)15-11(2,3)4/h8-9H,5-7,12H2,1-4H3/t8-,9-/m1/s1. The van der Waals surface area contributed by atoms with Gasteiger partial charge < -0.3 is 15.4 Å². The lowest BCUT2D eigenvalue weighted by molar-refractivity contribution is 0.00998. The van der Waals surface area contributed by atoms with E-state index >= 15 is 0 Å². The fourth-order valence-corrected chi connectivity index (χ4v) is 1.71. The van der Waals surface area contributed by atoms with Crippen LogP contribution in [0.2, 0.25) is 0 Å². The van der Waals surface area contributed by atoms with Crippen LogP contribution in [0.1, 0.15) is 40.5 Å². The number of hydrogen-bond acceptors (Lipinski definition) is 3. The summed E-state index contributed by atoms with van der Waals surface area (Å²) in [5.74, 6) is 0. The summed E-state index contributed by atoms with van der Waals surface area (Å²) < 4.78 is 5.33. The van der Waals surface area contributed by atoms with Gasteiger partial charge in [-0.2, -0.15) is 0 Å². The van der Waals surface area contributed by atoms with E-state index in [1.165, 1.54) is 0 Å². The number of ether oxygens (including phenoxy) is 1. The molecule has 1 amide bonds. The SMILES string of the molecule is C[C@@H]1CC[C@@H](N)CN1C(=O)OC(C)(C)C.